The highest BCUT2D eigenvalue weighted by molar-refractivity contribution is 5.78. The Morgan fingerprint density at radius 3 is 2.69 bits per heavy atom. The van der Waals surface area contributed by atoms with Crippen molar-refractivity contribution >= 4 is 5.91 Å². The van der Waals surface area contributed by atoms with Crippen molar-refractivity contribution in [3.05, 3.63) is 0 Å². The van der Waals surface area contributed by atoms with Gasteiger partial charge in [0.1, 0.15) is 6.10 Å². The second kappa shape index (κ2) is 7.20. The summed E-state index contributed by atoms with van der Waals surface area (Å²) in [6, 6.07) is 2.24. The molecule has 0 bridgehead atoms. The van der Waals surface area contributed by atoms with Gasteiger partial charge in [-0.05, 0) is 33.2 Å². The highest BCUT2D eigenvalue weighted by atomic mass is 16.3. The molecule has 0 heterocycles. The van der Waals surface area contributed by atoms with E-state index in [4.69, 9.17) is 16.1 Å². The van der Waals surface area contributed by atoms with Gasteiger partial charge in [0.15, 0.2) is 0 Å². The zero-order valence-electron chi connectivity index (χ0n) is 9.99. The summed E-state index contributed by atoms with van der Waals surface area (Å²) in [5, 5.41) is 20.8. The number of hydrogen-bond donors (Lipinski definition) is 3. The summed E-state index contributed by atoms with van der Waals surface area (Å²) in [5.41, 5.74) is 4.62. The number of aliphatic hydroxyl groups excluding tert-OH is 1. The Labute approximate surface area is 96.6 Å². The van der Waals surface area contributed by atoms with Crippen molar-refractivity contribution in [1.82, 2.24) is 5.32 Å². The number of rotatable bonds is 8. The largest absolute Gasteiger partial charge is 0.382 e. The Balaban J connectivity index is 3.42. The number of aliphatic hydroxyl groups is 1. The second-order valence-corrected chi connectivity index (χ2v) is 4.58. The number of carbonyl (C=O) groups excluding carboxylic acids is 1. The molecule has 1 amide bonds. The summed E-state index contributed by atoms with van der Waals surface area (Å²) < 4.78 is 0. The highest BCUT2D eigenvalue weighted by Gasteiger charge is 2.15. The smallest absolute Gasteiger partial charge is 0.247 e. The number of unbranched alkanes of at least 4 members (excludes halogenated alkanes) is 1. The molecule has 0 aliphatic rings. The summed E-state index contributed by atoms with van der Waals surface area (Å²) >= 11 is 0. The zero-order chi connectivity index (χ0) is 12.6. The van der Waals surface area contributed by atoms with Crippen LogP contribution in [0.15, 0.2) is 0 Å². The molecule has 0 aromatic heterocycles. The van der Waals surface area contributed by atoms with Gasteiger partial charge in [0.25, 0.3) is 0 Å². The van der Waals surface area contributed by atoms with E-state index >= 15 is 0 Å². The van der Waals surface area contributed by atoms with E-state index in [1.54, 1.807) is 0 Å². The van der Waals surface area contributed by atoms with Gasteiger partial charge in [-0.2, -0.15) is 5.26 Å². The van der Waals surface area contributed by atoms with Gasteiger partial charge in [-0.15, -0.1) is 0 Å². The van der Waals surface area contributed by atoms with Crippen LogP contribution < -0.4 is 11.1 Å². The van der Waals surface area contributed by atoms with Crippen molar-refractivity contribution in [2.24, 2.45) is 11.1 Å². The van der Waals surface area contributed by atoms with Crippen LogP contribution in [0.5, 0.6) is 0 Å². The van der Waals surface area contributed by atoms with Gasteiger partial charge in [0, 0.05) is 6.54 Å². The molecule has 4 N–H and O–H groups in total. The minimum absolute atomic E-state index is 0.191. The van der Waals surface area contributed by atoms with E-state index in [-0.39, 0.29) is 12.0 Å². The lowest BCUT2D eigenvalue weighted by Crippen LogP contribution is -2.37. The number of primary amides is 1. The third kappa shape index (κ3) is 7.21. The van der Waals surface area contributed by atoms with Crippen molar-refractivity contribution in [2.75, 3.05) is 13.1 Å². The Hall–Kier alpha value is -1.12. The lowest BCUT2D eigenvalue weighted by atomic mass is 9.89. The van der Waals surface area contributed by atoms with Crippen molar-refractivity contribution in [3.8, 4) is 6.07 Å². The minimum Gasteiger partial charge on any atom is -0.382 e. The quantitative estimate of drug-likeness (QED) is 0.514. The van der Waals surface area contributed by atoms with E-state index in [0.29, 0.717) is 6.54 Å². The number of hydrogen-bond acceptors (Lipinski definition) is 4. The van der Waals surface area contributed by atoms with Crippen molar-refractivity contribution < 1.29 is 9.90 Å². The summed E-state index contributed by atoms with van der Waals surface area (Å²) in [5.74, 6) is -0.710. The first kappa shape index (κ1) is 14.9. The Kier molecular flexibility index (Phi) is 6.70. The van der Waals surface area contributed by atoms with Crippen LogP contribution in [0, 0.1) is 16.7 Å². The van der Waals surface area contributed by atoms with E-state index in [0.717, 1.165) is 19.3 Å². The van der Waals surface area contributed by atoms with Crippen molar-refractivity contribution in [3.63, 3.8) is 0 Å². The van der Waals surface area contributed by atoms with Gasteiger partial charge < -0.3 is 16.2 Å². The van der Waals surface area contributed by atoms with Gasteiger partial charge in [-0.25, -0.2) is 0 Å². The molecule has 0 aromatic carbocycles. The summed E-state index contributed by atoms with van der Waals surface area (Å²) in [6.07, 6.45) is 1.59. The molecule has 0 aromatic rings. The van der Waals surface area contributed by atoms with E-state index in [1.807, 2.05) is 13.8 Å². The SMILES string of the molecule is CC(C)(C#N)CCCCNCC(O)C(N)=O. The Morgan fingerprint density at radius 1 is 1.56 bits per heavy atom. The molecule has 92 valence electrons. The van der Waals surface area contributed by atoms with E-state index in [1.165, 1.54) is 0 Å². The number of carbonyl (C=O) groups is 1. The Bertz CT molecular complexity index is 258. The molecular weight excluding hydrogens is 206 g/mol. The molecule has 0 saturated carbocycles. The van der Waals surface area contributed by atoms with Crippen LogP contribution >= 0.6 is 0 Å². The maximum atomic E-state index is 10.5. The lowest BCUT2D eigenvalue weighted by Gasteiger charge is -2.14. The molecule has 0 aliphatic carbocycles. The van der Waals surface area contributed by atoms with Gasteiger partial charge in [0.2, 0.25) is 5.91 Å². The molecular formula is C11H21N3O2. The molecule has 0 saturated heterocycles. The average Bonchev–Trinajstić information content (AvgIpc) is 2.22. The topological polar surface area (TPSA) is 99.1 Å². The maximum Gasteiger partial charge on any atom is 0.247 e. The molecule has 0 spiro atoms. The molecule has 5 nitrogen and oxygen atoms in total. The van der Waals surface area contributed by atoms with Crippen LogP contribution in [-0.2, 0) is 4.79 Å². The Morgan fingerprint density at radius 2 is 2.19 bits per heavy atom. The monoisotopic (exact) mass is 227 g/mol. The van der Waals surface area contributed by atoms with Gasteiger partial charge in [-0.3, -0.25) is 4.79 Å². The second-order valence-electron chi connectivity index (χ2n) is 4.58. The van der Waals surface area contributed by atoms with Crippen LogP contribution in [0.25, 0.3) is 0 Å². The van der Waals surface area contributed by atoms with Crippen LogP contribution in [0.3, 0.4) is 0 Å². The van der Waals surface area contributed by atoms with Crippen LogP contribution in [-0.4, -0.2) is 30.2 Å². The van der Waals surface area contributed by atoms with Crippen molar-refractivity contribution in [2.45, 2.75) is 39.2 Å². The van der Waals surface area contributed by atoms with Gasteiger partial charge in [-0.1, -0.05) is 6.42 Å². The number of nitriles is 1. The summed E-state index contributed by atoms with van der Waals surface area (Å²) in [4.78, 5) is 10.5. The fourth-order valence-electron chi connectivity index (χ4n) is 1.21. The predicted molar refractivity (Wildman–Crippen MR) is 61.3 cm³/mol. The lowest BCUT2D eigenvalue weighted by molar-refractivity contribution is -0.125. The first-order chi connectivity index (χ1) is 7.39. The summed E-state index contributed by atoms with van der Waals surface area (Å²) in [6.45, 7) is 4.73. The molecule has 0 fully saturated rings. The van der Waals surface area contributed by atoms with E-state index < -0.39 is 12.0 Å². The molecule has 1 atom stereocenters. The van der Waals surface area contributed by atoms with E-state index in [9.17, 15) is 4.79 Å². The molecule has 1 unspecified atom stereocenters. The molecule has 0 aliphatic heterocycles. The molecule has 0 rings (SSSR count). The van der Waals surface area contributed by atoms with Crippen LogP contribution in [0.1, 0.15) is 33.1 Å². The first-order valence-corrected chi connectivity index (χ1v) is 5.48. The third-order valence-electron chi connectivity index (χ3n) is 2.37. The average molecular weight is 227 g/mol. The fraction of sp³-hybridized carbons (Fsp3) is 0.818. The third-order valence-corrected chi connectivity index (χ3v) is 2.37. The number of nitrogens with one attached hydrogen (secondary N) is 1. The predicted octanol–water partition coefficient (Wildman–Crippen LogP) is 0.142. The summed E-state index contributed by atoms with van der Waals surface area (Å²) in [7, 11) is 0. The van der Waals surface area contributed by atoms with E-state index in [2.05, 4.69) is 11.4 Å². The number of amides is 1. The van der Waals surface area contributed by atoms with Crippen LogP contribution in [0.2, 0.25) is 0 Å². The fourth-order valence-corrected chi connectivity index (χ4v) is 1.21. The highest BCUT2D eigenvalue weighted by Crippen LogP contribution is 2.21. The number of nitrogens with zero attached hydrogens (tertiary/aromatic N) is 1. The zero-order valence-corrected chi connectivity index (χ0v) is 9.99. The van der Waals surface area contributed by atoms with Crippen molar-refractivity contribution in [1.29, 1.82) is 5.26 Å². The first-order valence-electron chi connectivity index (χ1n) is 5.48. The molecule has 0 radical (unpaired) electrons. The van der Waals surface area contributed by atoms with Crippen LogP contribution in [0.4, 0.5) is 0 Å². The molecule has 16 heavy (non-hydrogen) atoms. The standard InChI is InChI=1S/C11H21N3O2/c1-11(2,8-12)5-3-4-6-14-7-9(15)10(13)16/h9,14-15H,3-7H2,1-2H3,(H2,13,16). The van der Waals surface area contributed by atoms with Gasteiger partial charge in [0.05, 0.1) is 11.5 Å². The molecule has 5 heteroatoms. The normalized spacial score (nSPS) is 13.1. The van der Waals surface area contributed by atoms with Gasteiger partial charge >= 0.3 is 0 Å². The maximum absolute atomic E-state index is 10.5. The minimum atomic E-state index is -1.12. The number of nitrogens with two attached hydrogens (primary N) is 1.